The largest absolute Gasteiger partial charge is 0.462 e. The lowest BCUT2D eigenvalue weighted by atomic mass is 9.97. The normalized spacial score (nSPS) is 11.6. The Balaban J connectivity index is 1.89. The average Bonchev–Trinajstić information content (AvgIpc) is 2.94. The van der Waals surface area contributed by atoms with Gasteiger partial charge in [-0.1, -0.05) is 81.5 Å². The van der Waals surface area contributed by atoms with Crippen LogP contribution in [0.25, 0.3) is 11.1 Å². The zero-order valence-electron chi connectivity index (χ0n) is 22.9. The van der Waals surface area contributed by atoms with E-state index < -0.39 is 18.5 Å². The molecule has 1 N–H and O–H groups in total. The van der Waals surface area contributed by atoms with Crippen LogP contribution in [0.4, 0.5) is 0 Å². The Labute approximate surface area is 227 Å². The number of esters is 2. The van der Waals surface area contributed by atoms with E-state index in [4.69, 9.17) is 19.3 Å². The summed E-state index contributed by atoms with van der Waals surface area (Å²) in [5, 5.41) is 9.08. The maximum Gasteiger partial charge on any atom is 0.335 e. The summed E-state index contributed by atoms with van der Waals surface area (Å²) in [5.41, 5.74) is 5.20. The molecule has 0 aromatic heterocycles. The molecule has 2 aromatic carbocycles. The summed E-state index contributed by atoms with van der Waals surface area (Å²) in [4.78, 5) is 24.0. The third-order valence-corrected chi connectivity index (χ3v) is 6.38. The first-order valence-corrected chi connectivity index (χ1v) is 13.4. The van der Waals surface area contributed by atoms with E-state index in [1.54, 1.807) is 0 Å². The van der Waals surface area contributed by atoms with Crippen molar-refractivity contribution in [3.05, 3.63) is 84.0 Å². The predicted molar refractivity (Wildman–Crippen MR) is 151 cm³/mol. The molecular weight excluding hydrogens is 480 g/mol. The molecule has 6 heteroatoms. The number of aliphatic hydroxyl groups is 1. The maximum absolute atomic E-state index is 12.1. The van der Waals surface area contributed by atoms with Gasteiger partial charge in [0.15, 0.2) is 0 Å². The fraction of sp³-hybridized carbons (Fsp3) is 0.438. The molecule has 38 heavy (non-hydrogen) atoms. The van der Waals surface area contributed by atoms with Crippen LogP contribution >= 0.6 is 0 Å². The van der Waals surface area contributed by atoms with Gasteiger partial charge < -0.3 is 19.3 Å². The molecule has 0 saturated heterocycles. The molecular formula is C32H42O6. The van der Waals surface area contributed by atoms with Crippen LogP contribution in [0.3, 0.4) is 0 Å². The fourth-order valence-electron chi connectivity index (χ4n) is 4.01. The van der Waals surface area contributed by atoms with Crippen LogP contribution in [0, 0.1) is 5.92 Å². The molecule has 2 aromatic rings. The van der Waals surface area contributed by atoms with Crippen LogP contribution < -0.4 is 0 Å². The Morgan fingerprint density at radius 1 is 0.789 bits per heavy atom. The minimum Gasteiger partial charge on any atom is -0.462 e. The van der Waals surface area contributed by atoms with Crippen LogP contribution in [0.2, 0.25) is 0 Å². The Kier molecular flexibility index (Phi) is 14.1. The van der Waals surface area contributed by atoms with Crippen molar-refractivity contribution < 1.29 is 28.9 Å². The summed E-state index contributed by atoms with van der Waals surface area (Å²) >= 11 is 0. The first kappa shape index (κ1) is 31.0. The Morgan fingerprint density at radius 2 is 1.29 bits per heavy atom. The maximum atomic E-state index is 12.1. The highest BCUT2D eigenvalue weighted by molar-refractivity contribution is 5.88. The summed E-state index contributed by atoms with van der Waals surface area (Å²) in [6, 6.07) is 17.4. The highest BCUT2D eigenvalue weighted by Gasteiger charge is 2.17. The Hall–Kier alpha value is -3.22. The van der Waals surface area contributed by atoms with E-state index in [-0.39, 0.29) is 36.9 Å². The van der Waals surface area contributed by atoms with Crippen molar-refractivity contribution in [3.63, 3.8) is 0 Å². The van der Waals surface area contributed by atoms with Crippen molar-refractivity contribution in [2.75, 3.05) is 33.5 Å². The zero-order chi connectivity index (χ0) is 27.8. The first-order chi connectivity index (χ1) is 18.4. The monoisotopic (exact) mass is 522 g/mol. The molecule has 0 fully saturated rings. The summed E-state index contributed by atoms with van der Waals surface area (Å²) < 4.78 is 15.5. The van der Waals surface area contributed by atoms with E-state index in [0.717, 1.165) is 19.3 Å². The fourth-order valence-corrected chi connectivity index (χ4v) is 4.01. The first-order valence-electron chi connectivity index (χ1n) is 13.4. The number of carbonyl (C=O) groups is 2. The second kappa shape index (κ2) is 17.3. The standard InChI is InChI=1S/C32H42O6/c1-5-6-7-9-26-12-16-29(17-13-26)30-18-14-27(15-19-30)10-8-11-28(22-37-31(34)24(2)20-33)23-38-32(35)25(3)21-36-4/h12-19,28,33H,2-3,5-11,20-23H2,1,4H3. The van der Waals surface area contributed by atoms with E-state index in [9.17, 15) is 9.59 Å². The average molecular weight is 523 g/mol. The van der Waals surface area contributed by atoms with E-state index in [1.165, 1.54) is 48.6 Å². The summed E-state index contributed by atoms with van der Waals surface area (Å²) in [5.74, 6) is -1.38. The number of benzene rings is 2. The van der Waals surface area contributed by atoms with Gasteiger partial charge in [0.2, 0.25) is 0 Å². The lowest BCUT2D eigenvalue weighted by molar-refractivity contribution is -0.144. The molecule has 0 radical (unpaired) electrons. The van der Waals surface area contributed by atoms with Gasteiger partial charge in [-0.05, 0) is 54.4 Å². The number of aryl methyl sites for hydroxylation is 2. The van der Waals surface area contributed by atoms with Crippen LogP contribution in [0.1, 0.15) is 50.2 Å². The molecule has 2 rings (SSSR count). The van der Waals surface area contributed by atoms with Crippen LogP contribution in [0.15, 0.2) is 72.8 Å². The number of hydrogen-bond donors (Lipinski definition) is 1. The minimum atomic E-state index is -0.655. The molecule has 0 aliphatic heterocycles. The number of rotatable bonds is 18. The lowest BCUT2D eigenvalue weighted by Gasteiger charge is -2.18. The van der Waals surface area contributed by atoms with Crippen molar-refractivity contribution >= 4 is 11.9 Å². The highest BCUT2D eigenvalue weighted by atomic mass is 16.5. The van der Waals surface area contributed by atoms with Gasteiger partial charge in [0.1, 0.15) is 0 Å². The molecule has 0 aliphatic rings. The van der Waals surface area contributed by atoms with Crippen molar-refractivity contribution in [1.82, 2.24) is 0 Å². The quantitative estimate of drug-likeness (QED) is 0.150. The smallest absolute Gasteiger partial charge is 0.335 e. The van der Waals surface area contributed by atoms with Gasteiger partial charge in [0, 0.05) is 13.0 Å². The van der Waals surface area contributed by atoms with Crippen molar-refractivity contribution in [2.45, 2.75) is 51.9 Å². The van der Waals surface area contributed by atoms with Gasteiger partial charge in [-0.3, -0.25) is 0 Å². The molecule has 1 unspecified atom stereocenters. The Bertz CT molecular complexity index is 1020. The number of methoxy groups -OCH3 is 1. The lowest BCUT2D eigenvalue weighted by Crippen LogP contribution is -2.23. The number of hydrogen-bond acceptors (Lipinski definition) is 6. The van der Waals surface area contributed by atoms with E-state index in [0.29, 0.717) is 6.42 Å². The third kappa shape index (κ3) is 11.0. The second-order valence-electron chi connectivity index (χ2n) is 9.60. The topological polar surface area (TPSA) is 82.1 Å². The van der Waals surface area contributed by atoms with Crippen LogP contribution in [0.5, 0.6) is 0 Å². The molecule has 206 valence electrons. The molecule has 6 nitrogen and oxygen atoms in total. The number of aliphatic hydroxyl groups excluding tert-OH is 1. The van der Waals surface area contributed by atoms with Crippen molar-refractivity contribution in [3.8, 4) is 11.1 Å². The predicted octanol–water partition coefficient (Wildman–Crippen LogP) is 5.86. The van der Waals surface area contributed by atoms with E-state index >= 15 is 0 Å². The van der Waals surface area contributed by atoms with Crippen LogP contribution in [-0.2, 0) is 36.6 Å². The van der Waals surface area contributed by atoms with E-state index in [1.807, 2.05) is 0 Å². The van der Waals surface area contributed by atoms with Gasteiger partial charge >= 0.3 is 11.9 Å². The molecule has 0 spiro atoms. The third-order valence-electron chi connectivity index (χ3n) is 6.38. The van der Waals surface area contributed by atoms with Crippen LogP contribution in [-0.4, -0.2) is 50.6 Å². The second-order valence-corrected chi connectivity index (χ2v) is 9.60. The summed E-state index contributed by atoms with van der Waals surface area (Å²) in [6.45, 7) is 9.15. The van der Waals surface area contributed by atoms with Gasteiger partial charge in [-0.25, -0.2) is 9.59 Å². The minimum absolute atomic E-state index is 0.0135. The number of unbranched alkanes of at least 4 members (excludes halogenated alkanes) is 2. The summed E-state index contributed by atoms with van der Waals surface area (Å²) in [6.07, 6.45) is 7.22. The molecule has 1 atom stereocenters. The van der Waals surface area contributed by atoms with Gasteiger partial charge in [-0.15, -0.1) is 0 Å². The highest BCUT2D eigenvalue weighted by Crippen LogP contribution is 2.22. The van der Waals surface area contributed by atoms with Gasteiger partial charge in [-0.2, -0.15) is 0 Å². The van der Waals surface area contributed by atoms with E-state index in [2.05, 4.69) is 68.6 Å². The molecule has 0 bridgehead atoms. The number of ether oxygens (including phenoxy) is 3. The molecule has 0 amide bonds. The summed E-state index contributed by atoms with van der Waals surface area (Å²) in [7, 11) is 1.48. The SMILES string of the molecule is C=C(CO)C(=O)OCC(CCCc1ccc(-c2ccc(CCCCC)cc2)cc1)COC(=O)C(=C)COC. The Morgan fingerprint density at radius 3 is 1.76 bits per heavy atom. The van der Waals surface area contributed by atoms with Gasteiger partial charge in [0.25, 0.3) is 0 Å². The van der Waals surface area contributed by atoms with Gasteiger partial charge in [0.05, 0.1) is 37.6 Å². The molecule has 0 heterocycles. The van der Waals surface area contributed by atoms with Crippen molar-refractivity contribution in [2.24, 2.45) is 5.92 Å². The van der Waals surface area contributed by atoms with Crippen molar-refractivity contribution in [1.29, 1.82) is 0 Å². The molecule has 0 saturated carbocycles. The number of carbonyl (C=O) groups excluding carboxylic acids is 2. The molecule has 0 aliphatic carbocycles. The zero-order valence-corrected chi connectivity index (χ0v) is 22.9.